The van der Waals surface area contributed by atoms with Crippen LogP contribution in [0.4, 0.5) is 0 Å². The molecule has 5 heteroatoms. The first-order valence-corrected chi connectivity index (χ1v) is 4.15. The number of aromatic amines is 1. The molecule has 0 aliphatic carbocycles. The quantitative estimate of drug-likeness (QED) is 0.558. The predicted molar refractivity (Wildman–Crippen MR) is 51.1 cm³/mol. The average Bonchev–Trinajstić information content (AvgIpc) is 2.66. The number of hydrogen-bond acceptors (Lipinski definition) is 3. The van der Waals surface area contributed by atoms with Crippen LogP contribution in [-0.2, 0) is 0 Å². The molecule has 1 N–H and O–H groups in total. The van der Waals surface area contributed by atoms with E-state index in [1.807, 2.05) is 6.07 Å². The normalized spacial score (nSPS) is 11.1. The van der Waals surface area contributed by atoms with Crippen LogP contribution < -0.4 is 5.56 Å². The summed E-state index contributed by atoms with van der Waals surface area (Å²) in [6, 6.07) is 3.64. The topological polar surface area (TPSA) is 63.0 Å². The van der Waals surface area contributed by atoms with Crippen molar-refractivity contribution in [1.82, 2.24) is 19.6 Å². The van der Waals surface area contributed by atoms with Crippen molar-refractivity contribution in [3.8, 4) is 0 Å². The van der Waals surface area contributed by atoms with Gasteiger partial charge >= 0.3 is 0 Å². The molecule has 0 radical (unpaired) electrons. The first-order chi connectivity index (χ1) is 6.86. The summed E-state index contributed by atoms with van der Waals surface area (Å²) < 4.78 is 1.39. The third kappa shape index (κ3) is 0.806. The van der Waals surface area contributed by atoms with Crippen molar-refractivity contribution in [2.45, 2.75) is 0 Å². The molecule has 0 aromatic carbocycles. The molecule has 0 spiro atoms. The van der Waals surface area contributed by atoms with E-state index < -0.39 is 0 Å². The van der Waals surface area contributed by atoms with Crippen molar-refractivity contribution < 1.29 is 0 Å². The minimum Gasteiger partial charge on any atom is -0.279 e. The Morgan fingerprint density at radius 1 is 1.43 bits per heavy atom. The summed E-state index contributed by atoms with van der Waals surface area (Å²) in [5.41, 5.74) is 0.497. The molecule has 0 unspecified atom stereocenters. The van der Waals surface area contributed by atoms with Gasteiger partial charge in [0.05, 0.1) is 5.39 Å². The van der Waals surface area contributed by atoms with Crippen molar-refractivity contribution in [2.75, 3.05) is 0 Å². The highest BCUT2D eigenvalue weighted by molar-refractivity contribution is 5.83. The number of aromatic nitrogens is 4. The summed E-state index contributed by atoms with van der Waals surface area (Å²) in [4.78, 5) is 19.7. The van der Waals surface area contributed by atoms with E-state index in [4.69, 9.17) is 0 Å². The van der Waals surface area contributed by atoms with Gasteiger partial charge in [0.2, 0.25) is 0 Å². The monoisotopic (exact) mass is 186 g/mol. The highest BCUT2D eigenvalue weighted by atomic mass is 16.1. The van der Waals surface area contributed by atoms with Gasteiger partial charge in [-0.1, -0.05) is 0 Å². The van der Waals surface area contributed by atoms with E-state index in [1.165, 1.54) is 10.8 Å². The van der Waals surface area contributed by atoms with Crippen molar-refractivity contribution in [3.05, 3.63) is 41.2 Å². The van der Waals surface area contributed by atoms with Gasteiger partial charge in [-0.3, -0.25) is 14.9 Å². The number of pyridine rings is 2. The summed E-state index contributed by atoms with van der Waals surface area (Å²) in [6.45, 7) is 0. The van der Waals surface area contributed by atoms with E-state index in [2.05, 4.69) is 15.1 Å². The van der Waals surface area contributed by atoms with Crippen LogP contribution in [0.2, 0.25) is 0 Å². The van der Waals surface area contributed by atoms with Gasteiger partial charge in [-0.15, -0.1) is 0 Å². The number of hydrogen-bond donors (Lipinski definition) is 1. The Morgan fingerprint density at radius 2 is 2.36 bits per heavy atom. The summed E-state index contributed by atoms with van der Waals surface area (Å²) >= 11 is 0. The fourth-order valence-corrected chi connectivity index (χ4v) is 1.51. The molecular formula is C9H6N4O. The minimum absolute atomic E-state index is 0.122. The molecule has 0 saturated heterocycles. The largest absolute Gasteiger partial charge is 0.280 e. The highest BCUT2D eigenvalue weighted by Crippen LogP contribution is 2.08. The van der Waals surface area contributed by atoms with Gasteiger partial charge in [-0.05, 0) is 17.5 Å². The van der Waals surface area contributed by atoms with E-state index in [-0.39, 0.29) is 5.56 Å². The zero-order valence-corrected chi connectivity index (χ0v) is 7.14. The Hall–Kier alpha value is -2.17. The molecule has 14 heavy (non-hydrogen) atoms. The van der Waals surface area contributed by atoms with Crippen molar-refractivity contribution in [3.63, 3.8) is 0 Å². The summed E-state index contributed by atoms with van der Waals surface area (Å²) in [6.07, 6.45) is 4.71. The van der Waals surface area contributed by atoms with E-state index in [1.54, 1.807) is 18.5 Å². The number of H-pyrrole nitrogens is 1. The predicted octanol–water partition coefficient (Wildman–Crippen LogP) is 0.571. The summed E-state index contributed by atoms with van der Waals surface area (Å²) in [7, 11) is 0. The maximum Gasteiger partial charge on any atom is 0.280 e. The van der Waals surface area contributed by atoms with Crippen LogP contribution in [0, 0.1) is 0 Å². The standard InChI is InChI=1S/C9H6N4O/c14-9-7-4-10-2-1-6(7)3-8-11-5-12-13(8)9/h1-5H,(H,11,12). The molecule has 3 aromatic rings. The van der Waals surface area contributed by atoms with Crippen LogP contribution >= 0.6 is 0 Å². The second-order valence-corrected chi connectivity index (χ2v) is 2.99. The number of nitrogens with zero attached hydrogens (tertiary/aromatic N) is 3. The molecule has 68 valence electrons. The molecule has 0 aliphatic rings. The maximum absolute atomic E-state index is 11.8. The summed E-state index contributed by atoms with van der Waals surface area (Å²) in [5.74, 6) is 0. The Morgan fingerprint density at radius 3 is 3.29 bits per heavy atom. The third-order valence-corrected chi connectivity index (χ3v) is 2.19. The lowest BCUT2D eigenvalue weighted by molar-refractivity contribution is 0.930. The Labute approximate surface area is 78.0 Å². The van der Waals surface area contributed by atoms with E-state index in [0.29, 0.717) is 11.0 Å². The number of nitrogens with one attached hydrogen (secondary N) is 1. The zero-order chi connectivity index (χ0) is 9.54. The van der Waals surface area contributed by atoms with Crippen LogP contribution in [-0.4, -0.2) is 19.6 Å². The minimum atomic E-state index is -0.122. The number of fused-ring (bicyclic) bond motifs is 2. The lowest BCUT2D eigenvalue weighted by atomic mass is 10.2. The highest BCUT2D eigenvalue weighted by Gasteiger charge is 2.03. The van der Waals surface area contributed by atoms with Gasteiger partial charge in [-0.25, -0.2) is 4.98 Å². The van der Waals surface area contributed by atoms with Crippen molar-refractivity contribution >= 4 is 16.4 Å². The van der Waals surface area contributed by atoms with Crippen LogP contribution in [0.15, 0.2) is 35.6 Å². The maximum atomic E-state index is 11.8. The molecule has 3 heterocycles. The van der Waals surface area contributed by atoms with Crippen LogP contribution in [0.3, 0.4) is 0 Å². The lowest BCUT2D eigenvalue weighted by Crippen LogP contribution is -2.13. The molecular weight excluding hydrogens is 180 g/mol. The van der Waals surface area contributed by atoms with Gasteiger partial charge in [0.25, 0.3) is 5.56 Å². The fraction of sp³-hybridized carbons (Fsp3) is 0. The molecule has 0 saturated carbocycles. The van der Waals surface area contributed by atoms with E-state index in [0.717, 1.165) is 5.39 Å². The molecule has 0 aliphatic heterocycles. The molecule has 0 amide bonds. The molecule has 0 fully saturated rings. The van der Waals surface area contributed by atoms with E-state index in [9.17, 15) is 4.79 Å². The second-order valence-electron chi connectivity index (χ2n) is 2.99. The molecule has 3 rings (SSSR count). The molecule has 0 atom stereocenters. The summed E-state index contributed by atoms with van der Waals surface area (Å²) in [5, 5.41) is 4.20. The van der Waals surface area contributed by atoms with Crippen molar-refractivity contribution in [1.29, 1.82) is 0 Å². The van der Waals surface area contributed by atoms with Gasteiger partial charge in [0.1, 0.15) is 6.33 Å². The van der Waals surface area contributed by atoms with Gasteiger partial charge in [0.15, 0.2) is 5.65 Å². The average molecular weight is 186 g/mol. The third-order valence-electron chi connectivity index (χ3n) is 2.19. The lowest BCUT2D eigenvalue weighted by Gasteiger charge is -1.96. The van der Waals surface area contributed by atoms with Crippen LogP contribution in [0.5, 0.6) is 0 Å². The van der Waals surface area contributed by atoms with Gasteiger partial charge in [0, 0.05) is 12.4 Å². The smallest absolute Gasteiger partial charge is 0.279 e. The Balaban J connectivity index is 2.70. The Bertz CT molecular complexity index is 667. The molecule has 0 bridgehead atoms. The molecule has 5 nitrogen and oxygen atoms in total. The van der Waals surface area contributed by atoms with Gasteiger partial charge in [-0.2, -0.15) is 4.52 Å². The van der Waals surface area contributed by atoms with Gasteiger partial charge < -0.3 is 0 Å². The molecule has 3 aromatic heterocycles. The van der Waals surface area contributed by atoms with Crippen molar-refractivity contribution in [2.24, 2.45) is 0 Å². The Kier molecular flexibility index (Phi) is 1.25. The first kappa shape index (κ1) is 7.25. The zero-order valence-electron chi connectivity index (χ0n) is 7.14. The number of rotatable bonds is 0. The van der Waals surface area contributed by atoms with Crippen LogP contribution in [0.25, 0.3) is 16.4 Å². The SMILES string of the molecule is O=c1c2cnccc2cc2nc[nH]n12. The van der Waals surface area contributed by atoms with E-state index >= 15 is 0 Å². The first-order valence-electron chi connectivity index (χ1n) is 4.15. The second kappa shape index (κ2) is 2.41. The fourth-order valence-electron chi connectivity index (χ4n) is 1.51. The van der Waals surface area contributed by atoms with Crippen LogP contribution in [0.1, 0.15) is 0 Å².